The van der Waals surface area contributed by atoms with E-state index in [4.69, 9.17) is 0 Å². The Hall–Kier alpha value is -0.814. The second kappa shape index (κ2) is 19.2. The van der Waals surface area contributed by atoms with Gasteiger partial charge in [0.15, 0.2) is 0 Å². The van der Waals surface area contributed by atoms with Crippen LogP contribution in [0, 0.1) is 0 Å². The van der Waals surface area contributed by atoms with Crippen molar-refractivity contribution in [1.82, 2.24) is 0 Å². The number of carboxylic acids is 2. The Morgan fingerprint density at radius 3 is 1.00 bits per heavy atom. The van der Waals surface area contributed by atoms with E-state index in [2.05, 4.69) is 0 Å². The maximum absolute atomic E-state index is 10.2. The quantitative estimate of drug-likeness (QED) is 0.453. The molecule has 0 N–H and O–H groups in total. The van der Waals surface area contributed by atoms with E-state index in [9.17, 15) is 19.8 Å². The molecular weight excluding hydrogens is 304 g/mol. The summed E-state index contributed by atoms with van der Waals surface area (Å²) in [4.78, 5) is 20.3. The third kappa shape index (κ3) is 21.2. The summed E-state index contributed by atoms with van der Waals surface area (Å²) in [6, 6.07) is 0. The predicted molar refractivity (Wildman–Crippen MR) is 91.6 cm³/mol. The van der Waals surface area contributed by atoms with Gasteiger partial charge >= 0.3 is 23.1 Å². The zero-order valence-electron chi connectivity index (χ0n) is 15.2. The first-order valence-electron chi connectivity index (χ1n) is 8.21. The van der Waals surface area contributed by atoms with Crippen molar-refractivity contribution in [1.29, 1.82) is 0 Å². The van der Waals surface area contributed by atoms with E-state index in [1.54, 1.807) is 0 Å². The molecule has 0 amide bonds. The molecule has 0 radical (unpaired) electrons. The Labute approximate surface area is 157 Å². The molecule has 23 heavy (non-hydrogen) atoms. The fourth-order valence-electron chi connectivity index (χ4n) is 2.16. The molecule has 0 spiro atoms. The van der Waals surface area contributed by atoms with Crippen molar-refractivity contribution in [3.05, 3.63) is 23.3 Å². The first-order valence-corrected chi connectivity index (χ1v) is 8.21. The second-order valence-corrected chi connectivity index (χ2v) is 5.24. The van der Waals surface area contributed by atoms with E-state index in [0.29, 0.717) is 0 Å². The van der Waals surface area contributed by atoms with Crippen molar-refractivity contribution in [2.24, 2.45) is 0 Å². The van der Waals surface area contributed by atoms with Gasteiger partial charge in [-0.3, -0.25) is 0 Å². The van der Waals surface area contributed by atoms with E-state index in [1.165, 1.54) is 12.2 Å². The largest absolute Gasteiger partial charge is 2.00 e. The zero-order valence-corrected chi connectivity index (χ0v) is 16.6. The molecule has 0 aliphatic heterocycles. The molecule has 0 aromatic rings. The molecule has 4 nitrogen and oxygen atoms in total. The van der Waals surface area contributed by atoms with E-state index in [0.717, 1.165) is 62.5 Å². The van der Waals surface area contributed by atoms with Gasteiger partial charge in [0.05, 0.1) is 11.9 Å². The van der Waals surface area contributed by atoms with Gasteiger partial charge in [0.2, 0.25) is 0 Å². The number of aliphatic carboxylic acids is 2. The number of carboxylic acid groups (broad SMARTS) is 2. The van der Waals surface area contributed by atoms with E-state index >= 15 is 0 Å². The Morgan fingerprint density at radius 2 is 0.870 bits per heavy atom. The van der Waals surface area contributed by atoms with Crippen molar-refractivity contribution >= 4 is 35.0 Å². The monoisotopic (exact) mass is 334 g/mol. The number of rotatable bonds is 10. The molecule has 0 atom stereocenters. The number of hydrogen-bond acceptors (Lipinski definition) is 4. The summed E-state index contributed by atoms with van der Waals surface area (Å²) in [5, 5.41) is 20.3. The van der Waals surface area contributed by atoms with Crippen molar-refractivity contribution in [2.45, 2.75) is 79.1 Å². The molecular formula is C18H30MgO4. The Balaban J connectivity index is -0.000000333. The molecule has 0 saturated heterocycles. The summed E-state index contributed by atoms with van der Waals surface area (Å²) in [7, 11) is 0. The predicted octanol–water partition coefficient (Wildman–Crippen LogP) is 2.14. The van der Waals surface area contributed by atoms with Gasteiger partial charge in [-0.1, -0.05) is 64.5 Å². The van der Waals surface area contributed by atoms with Crippen molar-refractivity contribution in [3.63, 3.8) is 0 Å². The molecule has 0 aliphatic carbocycles. The molecule has 0 aromatic carbocycles. The van der Waals surface area contributed by atoms with E-state index in [1.807, 2.05) is 27.7 Å². The third-order valence-electron chi connectivity index (χ3n) is 2.93. The van der Waals surface area contributed by atoms with Crippen LogP contribution < -0.4 is 10.2 Å². The fourth-order valence-corrected chi connectivity index (χ4v) is 2.16. The van der Waals surface area contributed by atoms with E-state index < -0.39 is 11.9 Å². The van der Waals surface area contributed by atoms with Crippen LogP contribution in [0.1, 0.15) is 79.1 Å². The second-order valence-electron chi connectivity index (χ2n) is 5.24. The first-order chi connectivity index (χ1) is 10.4. The van der Waals surface area contributed by atoms with Crippen LogP contribution in [0.2, 0.25) is 0 Å². The summed E-state index contributed by atoms with van der Waals surface area (Å²) in [5.74, 6) is -2.14. The number of allylic oxidation sites excluding steroid dienone is 2. The number of hydrogen-bond donors (Lipinski definition) is 0. The van der Waals surface area contributed by atoms with Crippen LogP contribution in [0.5, 0.6) is 0 Å². The standard InChI is InChI=1S/2C9H16O2.Mg/c2*1-3-5-8(6-4-2)7-9(10)11;/h2*7H,3-6H2,1-2H3,(H,10,11);/q;;+2/p-2. The molecule has 0 rings (SSSR count). The Morgan fingerprint density at radius 1 is 0.652 bits per heavy atom. The van der Waals surface area contributed by atoms with Crippen LogP contribution in [-0.4, -0.2) is 35.0 Å². The van der Waals surface area contributed by atoms with Crippen molar-refractivity contribution < 1.29 is 19.8 Å². The van der Waals surface area contributed by atoms with Crippen LogP contribution >= 0.6 is 0 Å². The molecule has 0 aromatic heterocycles. The maximum Gasteiger partial charge on any atom is 2.00 e. The first kappa shape index (κ1) is 27.1. The van der Waals surface area contributed by atoms with E-state index in [-0.39, 0.29) is 23.1 Å². The number of carbonyl (C=O) groups is 2. The Bertz CT molecular complexity index is 321. The van der Waals surface area contributed by atoms with Gasteiger partial charge in [-0.05, 0) is 37.8 Å². The molecule has 0 heterocycles. The smallest absolute Gasteiger partial charge is 0.545 e. The summed E-state index contributed by atoms with van der Waals surface area (Å²) in [6.07, 6.45) is 9.96. The molecule has 128 valence electrons. The summed E-state index contributed by atoms with van der Waals surface area (Å²) < 4.78 is 0. The molecule has 0 aliphatic rings. The fraction of sp³-hybridized carbons (Fsp3) is 0.667. The van der Waals surface area contributed by atoms with Gasteiger partial charge in [0.25, 0.3) is 0 Å². The SMILES string of the molecule is CCCC(=CC(=O)[O-])CCC.CCCC(=CC(=O)[O-])CCC.[Mg+2]. The van der Waals surface area contributed by atoms with Crippen LogP contribution in [-0.2, 0) is 9.59 Å². The molecule has 0 unspecified atom stereocenters. The molecule has 0 saturated carbocycles. The van der Waals surface area contributed by atoms with Gasteiger partial charge in [-0.25, -0.2) is 0 Å². The average Bonchev–Trinajstić information content (AvgIpc) is 2.39. The topological polar surface area (TPSA) is 80.3 Å². The molecule has 5 heteroatoms. The maximum atomic E-state index is 10.2. The van der Waals surface area contributed by atoms with Crippen molar-refractivity contribution in [2.75, 3.05) is 0 Å². The zero-order chi connectivity index (χ0) is 17.4. The van der Waals surface area contributed by atoms with Gasteiger partial charge in [0.1, 0.15) is 0 Å². The minimum absolute atomic E-state index is 0. The van der Waals surface area contributed by atoms with Gasteiger partial charge in [-0.15, -0.1) is 0 Å². The normalized spacial score (nSPS) is 8.87. The average molecular weight is 335 g/mol. The van der Waals surface area contributed by atoms with Gasteiger partial charge in [-0.2, -0.15) is 0 Å². The number of carbonyl (C=O) groups excluding carboxylic acids is 2. The third-order valence-corrected chi connectivity index (χ3v) is 2.93. The Kier molecular flexibility index (Phi) is 22.6. The minimum atomic E-state index is -1.07. The van der Waals surface area contributed by atoms with Gasteiger partial charge < -0.3 is 19.8 Å². The van der Waals surface area contributed by atoms with Crippen molar-refractivity contribution in [3.8, 4) is 0 Å². The van der Waals surface area contributed by atoms with Crippen LogP contribution in [0.15, 0.2) is 23.3 Å². The van der Waals surface area contributed by atoms with Crippen LogP contribution in [0.25, 0.3) is 0 Å². The van der Waals surface area contributed by atoms with Crippen LogP contribution in [0.3, 0.4) is 0 Å². The summed E-state index contributed by atoms with van der Waals surface area (Å²) in [6.45, 7) is 8.16. The summed E-state index contributed by atoms with van der Waals surface area (Å²) in [5.41, 5.74) is 1.99. The van der Waals surface area contributed by atoms with Crippen LogP contribution in [0.4, 0.5) is 0 Å². The molecule has 0 bridgehead atoms. The van der Waals surface area contributed by atoms with Gasteiger partial charge in [0, 0.05) is 0 Å². The summed E-state index contributed by atoms with van der Waals surface area (Å²) >= 11 is 0. The molecule has 0 fully saturated rings. The minimum Gasteiger partial charge on any atom is -0.545 e.